The number of ether oxygens (including phenoxy) is 2. The Morgan fingerprint density at radius 2 is 2.05 bits per heavy atom. The van der Waals surface area contributed by atoms with Crippen LogP contribution in [0, 0.1) is 13.8 Å². The van der Waals surface area contributed by atoms with E-state index in [2.05, 4.69) is 16.1 Å². The summed E-state index contributed by atoms with van der Waals surface area (Å²) >= 11 is 0. The third-order valence-electron chi connectivity index (χ3n) is 3.31. The summed E-state index contributed by atoms with van der Waals surface area (Å²) in [6.45, 7) is 4.73. The zero-order chi connectivity index (χ0) is 15.4. The minimum atomic E-state index is -0.506. The molecule has 1 unspecified atom stereocenters. The Balaban J connectivity index is 2.07. The summed E-state index contributed by atoms with van der Waals surface area (Å²) in [6.07, 6.45) is -0.754. The number of carbonyl (C=O) groups excluding carboxylic acids is 2. The summed E-state index contributed by atoms with van der Waals surface area (Å²) in [5, 5.41) is 2.59. The van der Waals surface area contributed by atoms with Crippen LogP contribution in [0.15, 0.2) is 18.2 Å². The van der Waals surface area contributed by atoms with Gasteiger partial charge in [0.15, 0.2) is 0 Å². The summed E-state index contributed by atoms with van der Waals surface area (Å²) in [5.41, 5.74) is 3.07. The minimum absolute atomic E-state index is 0.0144. The smallest absolute Gasteiger partial charge is 0.406 e. The lowest BCUT2D eigenvalue weighted by Gasteiger charge is -2.33. The summed E-state index contributed by atoms with van der Waals surface area (Å²) in [7, 11) is 1.31. The van der Waals surface area contributed by atoms with Gasteiger partial charge in [0.25, 0.3) is 5.91 Å². The van der Waals surface area contributed by atoms with E-state index in [0.717, 1.165) is 16.8 Å². The van der Waals surface area contributed by atoms with E-state index >= 15 is 0 Å². The molecule has 0 radical (unpaired) electrons. The second-order valence-electron chi connectivity index (χ2n) is 5.16. The molecule has 0 saturated carbocycles. The molecule has 2 amide bonds. The monoisotopic (exact) mass is 292 g/mol. The van der Waals surface area contributed by atoms with Crippen molar-refractivity contribution in [3.8, 4) is 0 Å². The fourth-order valence-corrected chi connectivity index (χ4v) is 2.37. The number of carbonyl (C=O) groups is 2. The maximum absolute atomic E-state index is 12.0. The van der Waals surface area contributed by atoms with E-state index in [9.17, 15) is 9.59 Å². The second kappa shape index (κ2) is 6.58. The van der Waals surface area contributed by atoms with Crippen LogP contribution in [-0.4, -0.2) is 44.9 Å². The van der Waals surface area contributed by atoms with Gasteiger partial charge >= 0.3 is 6.09 Å². The molecular weight excluding hydrogens is 272 g/mol. The number of amides is 2. The number of benzene rings is 1. The molecule has 1 atom stereocenters. The molecule has 1 aliphatic rings. The Hall–Kier alpha value is -2.08. The molecule has 114 valence electrons. The number of rotatable bonds is 3. The van der Waals surface area contributed by atoms with Crippen molar-refractivity contribution in [3.63, 3.8) is 0 Å². The Morgan fingerprint density at radius 1 is 1.38 bits per heavy atom. The van der Waals surface area contributed by atoms with Crippen LogP contribution in [-0.2, 0) is 14.3 Å². The van der Waals surface area contributed by atoms with Crippen molar-refractivity contribution in [2.75, 3.05) is 31.7 Å². The van der Waals surface area contributed by atoms with E-state index in [-0.39, 0.29) is 18.6 Å². The first kappa shape index (κ1) is 15.3. The van der Waals surface area contributed by atoms with Crippen LogP contribution in [0.4, 0.5) is 10.5 Å². The number of anilines is 1. The van der Waals surface area contributed by atoms with Gasteiger partial charge in [0.1, 0.15) is 6.61 Å². The summed E-state index contributed by atoms with van der Waals surface area (Å²) in [6, 6.07) is 6.01. The predicted octanol–water partition coefficient (Wildman–Crippen LogP) is 1.39. The number of aryl methyl sites for hydroxylation is 2. The third-order valence-corrected chi connectivity index (χ3v) is 3.31. The van der Waals surface area contributed by atoms with Crippen molar-refractivity contribution in [1.29, 1.82) is 0 Å². The van der Waals surface area contributed by atoms with Crippen molar-refractivity contribution in [2.24, 2.45) is 0 Å². The number of nitrogens with zero attached hydrogens (tertiary/aromatic N) is 1. The van der Waals surface area contributed by atoms with Crippen molar-refractivity contribution in [3.05, 3.63) is 29.3 Å². The molecule has 6 heteroatoms. The molecular formula is C15H20N2O4. The van der Waals surface area contributed by atoms with Crippen LogP contribution in [0.3, 0.4) is 0 Å². The molecule has 1 saturated heterocycles. The number of morpholine rings is 1. The van der Waals surface area contributed by atoms with Gasteiger partial charge in [0.05, 0.1) is 19.8 Å². The molecule has 2 rings (SSSR count). The molecule has 1 aromatic rings. The standard InChI is InChI=1S/C15H20N2O4/c1-10-4-11(2)6-12(5-10)17-8-13(21-9-14(17)18)7-16-15(19)20-3/h4-6,13H,7-9H2,1-3H3,(H,16,19). The van der Waals surface area contributed by atoms with E-state index < -0.39 is 6.09 Å². The van der Waals surface area contributed by atoms with Crippen LogP contribution in [0.2, 0.25) is 0 Å². The molecule has 1 N–H and O–H groups in total. The molecule has 0 aromatic heterocycles. The third kappa shape index (κ3) is 3.95. The molecule has 0 aliphatic carbocycles. The van der Waals surface area contributed by atoms with Gasteiger partial charge in [-0.15, -0.1) is 0 Å². The first-order valence-electron chi connectivity index (χ1n) is 6.81. The molecule has 0 spiro atoms. The summed E-state index contributed by atoms with van der Waals surface area (Å²) in [4.78, 5) is 24.8. The number of hydrogen-bond donors (Lipinski definition) is 1. The minimum Gasteiger partial charge on any atom is -0.453 e. The Bertz CT molecular complexity index is 524. The highest BCUT2D eigenvalue weighted by Crippen LogP contribution is 2.21. The molecule has 1 aliphatic heterocycles. The molecule has 21 heavy (non-hydrogen) atoms. The molecule has 1 heterocycles. The first-order chi connectivity index (χ1) is 9.99. The molecule has 0 bridgehead atoms. The average molecular weight is 292 g/mol. The Morgan fingerprint density at radius 3 is 2.67 bits per heavy atom. The number of hydrogen-bond acceptors (Lipinski definition) is 4. The van der Waals surface area contributed by atoms with Gasteiger partial charge in [-0.05, 0) is 37.1 Å². The molecule has 1 fully saturated rings. The van der Waals surface area contributed by atoms with Crippen LogP contribution in [0.25, 0.3) is 0 Å². The number of methoxy groups -OCH3 is 1. The maximum Gasteiger partial charge on any atom is 0.406 e. The molecule has 1 aromatic carbocycles. The van der Waals surface area contributed by atoms with Crippen molar-refractivity contribution < 1.29 is 19.1 Å². The number of nitrogens with one attached hydrogen (secondary N) is 1. The lowest BCUT2D eigenvalue weighted by atomic mass is 10.1. The summed E-state index contributed by atoms with van der Waals surface area (Å²) < 4.78 is 9.96. The van der Waals surface area contributed by atoms with Crippen LogP contribution >= 0.6 is 0 Å². The van der Waals surface area contributed by atoms with Crippen molar-refractivity contribution in [1.82, 2.24) is 5.32 Å². The second-order valence-corrected chi connectivity index (χ2v) is 5.16. The Labute approximate surface area is 124 Å². The largest absolute Gasteiger partial charge is 0.453 e. The van der Waals surface area contributed by atoms with E-state index in [4.69, 9.17) is 4.74 Å². The first-order valence-corrected chi connectivity index (χ1v) is 6.81. The quantitative estimate of drug-likeness (QED) is 0.914. The SMILES string of the molecule is COC(=O)NCC1CN(c2cc(C)cc(C)c2)C(=O)CO1. The lowest BCUT2D eigenvalue weighted by molar-refractivity contribution is -0.129. The zero-order valence-electron chi connectivity index (χ0n) is 12.5. The topological polar surface area (TPSA) is 67.9 Å². The van der Waals surface area contributed by atoms with Crippen LogP contribution in [0.5, 0.6) is 0 Å². The molecule has 6 nitrogen and oxygen atoms in total. The maximum atomic E-state index is 12.0. The van der Waals surface area contributed by atoms with E-state index in [1.165, 1.54) is 7.11 Å². The fourth-order valence-electron chi connectivity index (χ4n) is 2.37. The van der Waals surface area contributed by atoms with Gasteiger partial charge < -0.3 is 19.7 Å². The van der Waals surface area contributed by atoms with Gasteiger partial charge in [0.2, 0.25) is 0 Å². The lowest BCUT2D eigenvalue weighted by Crippen LogP contribution is -2.50. The Kier molecular flexibility index (Phi) is 4.80. The normalized spacial score (nSPS) is 18.5. The highest BCUT2D eigenvalue weighted by atomic mass is 16.5. The van der Waals surface area contributed by atoms with E-state index in [1.54, 1.807) is 4.90 Å². The van der Waals surface area contributed by atoms with Crippen LogP contribution in [0.1, 0.15) is 11.1 Å². The van der Waals surface area contributed by atoms with Crippen molar-refractivity contribution >= 4 is 17.7 Å². The van der Waals surface area contributed by atoms with Gasteiger partial charge in [0, 0.05) is 12.2 Å². The van der Waals surface area contributed by atoms with E-state index in [1.807, 2.05) is 26.0 Å². The summed E-state index contributed by atoms with van der Waals surface area (Å²) in [5.74, 6) is -0.0747. The number of alkyl carbamates (subject to hydrolysis) is 1. The predicted molar refractivity (Wildman–Crippen MR) is 78.4 cm³/mol. The fraction of sp³-hybridized carbons (Fsp3) is 0.467. The average Bonchev–Trinajstić information content (AvgIpc) is 2.45. The highest BCUT2D eigenvalue weighted by molar-refractivity contribution is 5.95. The van der Waals surface area contributed by atoms with Crippen LogP contribution < -0.4 is 10.2 Å². The van der Waals surface area contributed by atoms with Gasteiger partial charge in [-0.3, -0.25) is 4.79 Å². The van der Waals surface area contributed by atoms with E-state index in [0.29, 0.717) is 13.1 Å². The highest BCUT2D eigenvalue weighted by Gasteiger charge is 2.27. The zero-order valence-corrected chi connectivity index (χ0v) is 12.5. The van der Waals surface area contributed by atoms with Crippen molar-refractivity contribution in [2.45, 2.75) is 20.0 Å². The van der Waals surface area contributed by atoms with Gasteiger partial charge in [-0.25, -0.2) is 4.79 Å². The van der Waals surface area contributed by atoms with Gasteiger partial charge in [-0.2, -0.15) is 0 Å². The van der Waals surface area contributed by atoms with Gasteiger partial charge in [-0.1, -0.05) is 6.07 Å².